The van der Waals surface area contributed by atoms with Crippen LogP contribution in [0.25, 0.3) is 10.9 Å². The van der Waals surface area contributed by atoms with Gasteiger partial charge in [-0.3, -0.25) is 9.36 Å². The molecular weight excluding hydrogens is 423 g/mol. The average molecular weight is 453 g/mol. The monoisotopic (exact) mass is 452 g/mol. The Morgan fingerprint density at radius 3 is 2.76 bits per heavy atom. The first-order valence-electron chi connectivity index (χ1n) is 11.1. The van der Waals surface area contributed by atoms with Crippen molar-refractivity contribution in [3.05, 3.63) is 64.0 Å². The molecule has 174 valence electrons. The molecular formula is C24H29FN6O2. The van der Waals surface area contributed by atoms with Crippen molar-refractivity contribution in [2.45, 2.75) is 26.3 Å². The quantitative estimate of drug-likeness (QED) is 0.440. The van der Waals surface area contributed by atoms with Crippen LogP contribution in [-0.4, -0.2) is 53.7 Å². The lowest BCUT2D eigenvalue weighted by atomic mass is 10.1. The lowest BCUT2D eigenvalue weighted by Gasteiger charge is -2.28. The van der Waals surface area contributed by atoms with E-state index in [2.05, 4.69) is 15.3 Å². The standard InChI is InChI=1S/C24H29FN6O2/c1-16-28-22-14-18(29-24(26)30-12-9-27-10-13-30)6-8-20(22)23(32)31(16)11-3-4-17-5-7-19(33-2)15-21(17)25/h5-8,14-15,27H,3-4,9-13H2,1-2H3,(H2,26,29). The Hall–Kier alpha value is -3.46. The SMILES string of the molecule is COc1ccc(CCCn2c(C)nc3cc(N=C(N)N4CCNCC4)ccc3c2=O)c(F)c1. The topological polar surface area (TPSA) is 97.8 Å². The normalized spacial score (nSPS) is 14.6. The van der Waals surface area contributed by atoms with Gasteiger partial charge in [-0.1, -0.05) is 6.07 Å². The number of fused-ring (bicyclic) bond motifs is 1. The fourth-order valence-corrected chi connectivity index (χ4v) is 4.04. The van der Waals surface area contributed by atoms with Gasteiger partial charge >= 0.3 is 0 Å². The zero-order chi connectivity index (χ0) is 23.4. The lowest BCUT2D eigenvalue weighted by Crippen LogP contribution is -2.49. The smallest absolute Gasteiger partial charge is 0.261 e. The van der Waals surface area contributed by atoms with Gasteiger partial charge in [0.2, 0.25) is 0 Å². The molecule has 0 spiro atoms. The number of ether oxygens (including phenoxy) is 1. The second-order valence-electron chi connectivity index (χ2n) is 8.09. The van der Waals surface area contributed by atoms with Gasteiger partial charge in [-0.15, -0.1) is 0 Å². The summed E-state index contributed by atoms with van der Waals surface area (Å²) in [5.41, 5.74) is 7.90. The van der Waals surface area contributed by atoms with Gasteiger partial charge in [0.15, 0.2) is 5.96 Å². The van der Waals surface area contributed by atoms with Crippen LogP contribution in [0.3, 0.4) is 0 Å². The van der Waals surface area contributed by atoms with Gasteiger partial charge in [0.05, 0.1) is 23.7 Å². The number of piperazine rings is 1. The molecule has 8 nitrogen and oxygen atoms in total. The molecule has 1 saturated heterocycles. The third-order valence-corrected chi connectivity index (χ3v) is 5.90. The van der Waals surface area contributed by atoms with E-state index in [9.17, 15) is 9.18 Å². The number of nitrogens with two attached hydrogens (primary N) is 1. The number of methoxy groups -OCH3 is 1. The Kier molecular flexibility index (Phi) is 6.88. The van der Waals surface area contributed by atoms with E-state index in [1.54, 1.807) is 41.8 Å². The molecule has 1 aromatic heterocycles. The Balaban J connectivity index is 1.51. The maximum atomic E-state index is 14.2. The molecule has 3 N–H and O–H groups in total. The summed E-state index contributed by atoms with van der Waals surface area (Å²) in [6.45, 7) is 5.63. The van der Waals surface area contributed by atoms with Gasteiger partial charge in [-0.2, -0.15) is 0 Å². The van der Waals surface area contributed by atoms with Crippen LogP contribution in [0.1, 0.15) is 17.8 Å². The minimum atomic E-state index is -0.303. The van der Waals surface area contributed by atoms with Crippen LogP contribution in [0, 0.1) is 12.7 Å². The average Bonchev–Trinajstić information content (AvgIpc) is 2.82. The molecule has 1 aliphatic heterocycles. The highest BCUT2D eigenvalue weighted by Gasteiger charge is 2.13. The van der Waals surface area contributed by atoms with Crippen LogP contribution in [0.2, 0.25) is 0 Å². The molecule has 9 heteroatoms. The van der Waals surface area contributed by atoms with Crippen molar-refractivity contribution < 1.29 is 9.13 Å². The molecule has 0 amide bonds. The number of aryl methyl sites for hydroxylation is 2. The molecule has 3 aromatic rings. The van der Waals surface area contributed by atoms with Crippen LogP contribution in [0.4, 0.5) is 10.1 Å². The van der Waals surface area contributed by atoms with Crippen molar-refractivity contribution in [3.63, 3.8) is 0 Å². The van der Waals surface area contributed by atoms with Crippen molar-refractivity contribution in [1.82, 2.24) is 19.8 Å². The van der Waals surface area contributed by atoms with E-state index >= 15 is 0 Å². The highest BCUT2D eigenvalue weighted by molar-refractivity contribution is 5.85. The molecule has 1 aliphatic rings. The van der Waals surface area contributed by atoms with E-state index in [-0.39, 0.29) is 11.4 Å². The maximum Gasteiger partial charge on any atom is 0.261 e. The molecule has 0 aliphatic carbocycles. The number of nitrogens with one attached hydrogen (secondary N) is 1. The Bertz CT molecular complexity index is 1230. The van der Waals surface area contributed by atoms with Crippen molar-refractivity contribution in [3.8, 4) is 5.75 Å². The van der Waals surface area contributed by atoms with Gasteiger partial charge in [0.25, 0.3) is 5.56 Å². The van der Waals surface area contributed by atoms with Gasteiger partial charge < -0.3 is 20.7 Å². The summed E-state index contributed by atoms with van der Waals surface area (Å²) in [6.07, 6.45) is 1.12. The molecule has 0 atom stereocenters. The van der Waals surface area contributed by atoms with E-state index in [4.69, 9.17) is 10.5 Å². The summed E-state index contributed by atoms with van der Waals surface area (Å²) in [5.74, 6) is 1.26. The molecule has 1 fully saturated rings. The van der Waals surface area contributed by atoms with Crippen LogP contribution >= 0.6 is 0 Å². The summed E-state index contributed by atoms with van der Waals surface area (Å²) in [6, 6.07) is 10.1. The van der Waals surface area contributed by atoms with Crippen molar-refractivity contribution in [2.24, 2.45) is 10.7 Å². The van der Waals surface area contributed by atoms with Crippen LogP contribution in [0.15, 0.2) is 46.2 Å². The third kappa shape index (κ3) is 5.14. The second kappa shape index (κ2) is 9.99. The third-order valence-electron chi connectivity index (χ3n) is 5.90. The van der Waals surface area contributed by atoms with E-state index in [1.807, 2.05) is 4.90 Å². The minimum absolute atomic E-state index is 0.113. The first kappa shape index (κ1) is 22.7. The predicted octanol–water partition coefficient (Wildman–Crippen LogP) is 2.34. The Morgan fingerprint density at radius 1 is 1.24 bits per heavy atom. The number of aliphatic imine (C=N–C) groups is 1. The van der Waals surface area contributed by atoms with Gasteiger partial charge in [-0.25, -0.2) is 14.4 Å². The Labute approximate surface area is 191 Å². The molecule has 4 rings (SSSR count). The first-order chi connectivity index (χ1) is 16.0. The Morgan fingerprint density at radius 2 is 2.03 bits per heavy atom. The summed E-state index contributed by atoms with van der Waals surface area (Å²) in [5, 5.41) is 3.81. The van der Waals surface area contributed by atoms with Crippen LogP contribution < -0.4 is 21.3 Å². The number of guanidine groups is 1. The fourth-order valence-electron chi connectivity index (χ4n) is 4.04. The zero-order valence-electron chi connectivity index (χ0n) is 19.0. The summed E-state index contributed by atoms with van der Waals surface area (Å²) < 4.78 is 20.9. The van der Waals surface area contributed by atoms with E-state index < -0.39 is 0 Å². The summed E-state index contributed by atoms with van der Waals surface area (Å²) in [7, 11) is 1.51. The highest BCUT2D eigenvalue weighted by Crippen LogP contribution is 2.20. The van der Waals surface area contributed by atoms with E-state index in [0.717, 1.165) is 26.2 Å². The van der Waals surface area contributed by atoms with Crippen LogP contribution in [-0.2, 0) is 13.0 Å². The number of benzene rings is 2. The van der Waals surface area contributed by atoms with Crippen molar-refractivity contribution >= 4 is 22.5 Å². The minimum Gasteiger partial charge on any atom is -0.497 e. The maximum absolute atomic E-state index is 14.2. The van der Waals surface area contributed by atoms with Crippen LogP contribution in [0.5, 0.6) is 5.75 Å². The van der Waals surface area contributed by atoms with Gasteiger partial charge in [0.1, 0.15) is 17.4 Å². The number of hydrogen-bond donors (Lipinski definition) is 2. The molecule has 2 heterocycles. The number of hydrogen-bond acceptors (Lipinski definition) is 5. The summed E-state index contributed by atoms with van der Waals surface area (Å²) in [4.78, 5) is 24.2. The number of nitrogens with zero attached hydrogens (tertiary/aromatic N) is 4. The molecule has 0 saturated carbocycles. The molecule has 0 bridgehead atoms. The zero-order valence-corrected chi connectivity index (χ0v) is 19.0. The largest absolute Gasteiger partial charge is 0.497 e. The highest BCUT2D eigenvalue weighted by atomic mass is 19.1. The lowest BCUT2D eigenvalue weighted by molar-refractivity contribution is 0.354. The van der Waals surface area contributed by atoms with Crippen molar-refractivity contribution in [1.29, 1.82) is 0 Å². The van der Waals surface area contributed by atoms with Gasteiger partial charge in [0, 0.05) is 38.8 Å². The molecule has 2 aromatic carbocycles. The summed E-state index contributed by atoms with van der Waals surface area (Å²) >= 11 is 0. The van der Waals surface area contributed by atoms with E-state index in [0.29, 0.717) is 59.1 Å². The fraction of sp³-hybridized carbons (Fsp3) is 0.375. The first-order valence-corrected chi connectivity index (χ1v) is 11.1. The van der Waals surface area contributed by atoms with Gasteiger partial charge in [-0.05, 0) is 49.6 Å². The second-order valence-corrected chi connectivity index (χ2v) is 8.09. The number of rotatable bonds is 6. The van der Waals surface area contributed by atoms with E-state index in [1.165, 1.54) is 13.2 Å². The predicted molar refractivity (Wildman–Crippen MR) is 128 cm³/mol. The molecule has 33 heavy (non-hydrogen) atoms. The number of aromatic nitrogens is 2. The van der Waals surface area contributed by atoms with Crippen molar-refractivity contribution in [2.75, 3.05) is 33.3 Å². The number of halogens is 1. The molecule has 0 unspecified atom stereocenters. The molecule has 0 radical (unpaired) electrons.